The Morgan fingerprint density at radius 3 is 2.52 bits per heavy atom. The van der Waals surface area contributed by atoms with Crippen molar-refractivity contribution in [3.05, 3.63) is 89.2 Å². The van der Waals surface area contributed by atoms with Gasteiger partial charge in [0.15, 0.2) is 11.6 Å². The van der Waals surface area contributed by atoms with Crippen molar-refractivity contribution >= 4 is 28.9 Å². The van der Waals surface area contributed by atoms with Crippen LogP contribution in [0.5, 0.6) is 5.75 Å². The summed E-state index contributed by atoms with van der Waals surface area (Å²) in [6.45, 7) is 3.67. The Hall–Kier alpha value is -3.56. The highest BCUT2D eigenvalue weighted by Crippen LogP contribution is 2.55. The topological polar surface area (TPSA) is 71.3 Å². The normalized spacial score (nSPS) is 19.1. The minimum atomic E-state index is -1.08. The van der Waals surface area contributed by atoms with E-state index in [-0.39, 0.29) is 10.8 Å². The molecule has 1 saturated carbocycles. The monoisotopic (exact) mass is 464 g/mol. The number of nitrogens with one attached hydrogen (secondary N) is 1. The minimum Gasteiger partial charge on any atom is -0.486 e. The van der Waals surface area contributed by atoms with E-state index in [4.69, 9.17) is 21.1 Å². The standard InChI is InChI=1S/C26H22ClFN2O3/c1-26(2)23(24(26)32-21-12-11-17(27)14-20(21)28)25(31)33-22(15-29)16-7-6-10-19(13-16)30-18-8-4-3-5-9-18/h3-14,22-24,30H,1-2H3. The minimum absolute atomic E-state index is 0.0179. The molecule has 3 aromatic carbocycles. The van der Waals surface area contributed by atoms with Crippen molar-refractivity contribution in [2.45, 2.75) is 26.1 Å². The molecule has 3 unspecified atom stereocenters. The number of carbonyl (C=O) groups excluding carboxylic acids is 1. The fourth-order valence-electron chi connectivity index (χ4n) is 3.77. The van der Waals surface area contributed by atoms with Crippen molar-refractivity contribution in [3.8, 4) is 11.8 Å². The van der Waals surface area contributed by atoms with E-state index in [2.05, 4.69) is 5.32 Å². The molecule has 0 aliphatic heterocycles. The first-order valence-corrected chi connectivity index (χ1v) is 10.8. The van der Waals surface area contributed by atoms with Gasteiger partial charge in [0.25, 0.3) is 0 Å². The van der Waals surface area contributed by atoms with Crippen molar-refractivity contribution in [1.82, 2.24) is 0 Å². The third-order valence-corrected chi connectivity index (χ3v) is 5.97. The molecule has 0 amide bonds. The van der Waals surface area contributed by atoms with E-state index < -0.39 is 35.3 Å². The lowest BCUT2D eigenvalue weighted by molar-refractivity contribution is -0.149. The molecular weight excluding hydrogens is 443 g/mol. The zero-order valence-electron chi connectivity index (χ0n) is 18.1. The number of nitriles is 1. The van der Waals surface area contributed by atoms with Gasteiger partial charge in [-0.2, -0.15) is 5.26 Å². The quantitative estimate of drug-likeness (QED) is 0.408. The van der Waals surface area contributed by atoms with Gasteiger partial charge in [0.05, 0.1) is 0 Å². The Bertz CT molecular complexity index is 1210. The number of ether oxygens (including phenoxy) is 2. The molecule has 168 valence electrons. The number of anilines is 2. The molecule has 0 heterocycles. The van der Waals surface area contributed by atoms with Crippen LogP contribution in [0, 0.1) is 28.5 Å². The van der Waals surface area contributed by atoms with E-state index in [1.807, 2.05) is 56.3 Å². The molecule has 1 aliphatic carbocycles. The molecule has 4 rings (SSSR count). The first kappa shape index (κ1) is 22.6. The van der Waals surface area contributed by atoms with Crippen LogP contribution in [0.2, 0.25) is 5.02 Å². The van der Waals surface area contributed by atoms with Gasteiger partial charge in [-0.25, -0.2) is 4.39 Å². The second-order valence-electron chi connectivity index (χ2n) is 8.47. The number of hydrogen-bond donors (Lipinski definition) is 1. The molecule has 7 heteroatoms. The van der Waals surface area contributed by atoms with E-state index in [0.717, 1.165) is 17.4 Å². The zero-order chi connectivity index (χ0) is 23.6. The Morgan fingerprint density at radius 1 is 1.09 bits per heavy atom. The van der Waals surface area contributed by atoms with Gasteiger partial charge in [-0.15, -0.1) is 0 Å². The van der Waals surface area contributed by atoms with Crippen LogP contribution < -0.4 is 10.1 Å². The SMILES string of the molecule is CC1(C)C(Oc2ccc(Cl)cc2F)C1C(=O)OC(C#N)c1cccc(Nc2ccccc2)c1. The summed E-state index contributed by atoms with van der Waals surface area (Å²) in [5, 5.41) is 13.2. The molecule has 0 saturated heterocycles. The largest absolute Gasteiger partial charge is 0.486 e. The third-order valence-electron chi connectivity index (χ3n) is 5.73. The Balaban J connectivity index is 1.45. The predicted molar refractivity (Wildman–Crippen MR) is 124 cm³/mol. The van der Waals surface area contributed by atoms with E-state index in [9.17, 15) is 14.4 Å². The van der Waals surface area contributed by atoms with Crippen molar-refractivity contribution < 1.29 is 18.7 Å². The molecule has 0 radical (unpaired) electrons. The smallest absolute Gasteiger partial charge is 0.315 e. The first-order chi connectivity index (χ1) is 15.8. The first-order valence-electron chi connectivity index (χ1n) is 10.4. The number of para-hydroxylation sites is 1. The van der Waals surface area contributed by atoms with Crippen molar-refractivity contribution in [2.75, 3.05) is 5.32 Å². The number of halogens is 2. The van der Waals surface area contributed by atoms with Crippen LogP contribution in [0.1, 0.15) is 25.5 Å². The average molecular weight is 465 g/mol. The van der Waals surface area contributed by atoms with Crippen LogP contribution in [-0.4, -0.2) is 12.1 Å². The number of hydrogen-bond acceptors (Lipinski definition) is 5. The highest BCUT2D eigenvalue weighted by Gasteiger charge is 2.66. The second-order valence-corrected chi connectivity index (χ2v) is 8.91. The molecule has 0 spiro atoms. The van der Waals surface area contributed by atoms with Gasteiger partial charge in [0, 0.05) is 27.4 Å². The van der Waals surface area contributed by atoms with Gasteiger partial charge in [0.2, 0.25) is 6.10 Å². The third kappa shape index (κ3) is 4.94. The lowest BCUT2D eigenvalue weighted by atomic mass is 10.1. The van der Waals surface area contributed by atoms with E-state index in [0.29, 0.717) is 5.56 Å². The summed E-state index contributed by atoms with van der Waals surface area (Å²) < 4.78 is 25.4. The molecule has 5 nitrogen and oxygen atoms in total. The molecule has 1 fully saturated rings. The molecule has 1 aliphatic rings. The maximum atomic E-state index is 14.1. The van der Waals surface area contributed by atoms with Crippen LogP contribution in [0.4, 0.5) is 15.8 Å². The average Bonchev–Trinajstić information content (AvgIpc) is 3.34. The van der Waals surface area contributed by atoms with Crippen molar-refractivity contribution in [1.29, 1.82) is 5.26 Å². The second kappa shape index (κ2) is 9.13. The van der Waals surface area contributed by atoms with E-state index in [1.54, 1.807) is 18.2 Å². The maximum Gasteiger partial charge on any atom is 0.315 e. The summed E-state index contributed by atoms with van der Waals surface area (Å²) in [6, 6.07) is 22.9. The van der Waals surface area contributed by atoms with Gasteiger partial charge >= 0.3 is 5.97 Å². The Kier molecular flexibility index (Phi) is 6.26. The Labute approximate surface area is 196 Å². The summed E-state index contributed by atoms with van der Waals surface area (Å²) in [6.07, 6.45) is -1.66. The van der Waals surface area contributed by atoms with Gasteiger partial charge in [-0.1, -0.05) is 55.8 Å². The summed E-state index contributed by atoms with van der Waals surface area (Å²) >= 11 is 5.79. The molecule has 1 N–H and O–H groups in total. The maximum absolute atomic E-state index is 14.1. The number of benzene rings is 3. The molecular formula is C26H22ClFN2O3. The fraction of sp³-hybridized carbons (Fsp3) is 0.231. The summed E-state index contributed by atoms with van der Waals surface area (Å²) in [7, 11) is 0. The summed E-state index contributed by atoms with van der Waals surface area (Å²) in [5.41, 5.74) is 1.64. The van der Waals surface area contributed by atoms with Crippen molar-refractivity contribution in [2.24, 2.45) is 11.3 Å². The number of esters is 1. The highest BCUT2D eigenvalue weighted by atomic mass is 35.5. The van der Waals surface area contributed by atoms with Crippen LogP contribution in [0.3, 0.4) is 0 Å². The highest BCUT2D eigenvalue weighted by molar-refractivity contribution is 6.30. The lowest BCUT2D eigenvalue weighted by Gasteiger charge is -2.14. The van der Waals surface area contributed by atoms with Gasteiger partial charge < -0.3 is 14.8 Å². The summed E-state index contributed by atoms with van der Waals surface area (Å²) in [4.78, 5) is 12.9. The Morgan fingerprint density at radius 2 is 1.82 bits per heavy atom. The predicted octanol–water partition coefficient (Wildman–Crippen LogP) is 6.43. The zero-order valence-corrected chi connectivity index (χ0v) is 18.8. The van der Waals surface area contributed by atoms with Crippen LogP contribution in [-0.2, 0) is 9.53 Å². The van der Waals surface area contributed by atoms with Crippen molar-refractivity contribution in [3.63, 3.8) is 0 Å². The number of nitrogens with zero attached hydrogens (tertiary/aromatic N) is 1. The molecule has 0 bridgehead atoms. The van der Waals surface area contributed by atoms with Crippen LogP contribution in [0.15, 0.2) is 72.8 Å². The van der Waals surface area contributed by atoms with Gasteiger partial charge in [-0.05, 0) is 42.5 Å². The summed E-state index contributed by atoms with van der Waals surface area (Å²) in [5.74, 6) is -1.78. The molecule has 0 aromatic heterocycles. The lowest BCUT2D eigenvalue weighted by Crippen LogP contribution is -2.16. The number of rotatable bonds is 7. The molecule has 3 atom stereocenters. The van der Waals surface area contributed by atoms with Crippen LogP contribution >= 0.6 is 11.6 Å². The fourth-order valence-corrected chi connectivity index (χ4v) is 3.93. The van der Waals surface area contributed by atoms with Crippen LogP contribution in [0.25, 0.3) is 0 Å². The van der Waals surface area contributed by atoms with Gasteiger partial charge in [-0.3, -0.25) is 4.79 Å². The van der Waals surface area contributed by atoms with E-state index in [1.165, 1.54) is 12.1 Å². The molecule has 3 aromatic rings. The molecule has 33 heavy (non-hydrogen) atoms. The van der Waals surface area contributed by atoms with Gasteiger partial charge in [0.1, 0.15) is 18.1 Å². The number of carbonyl (C=O) groups is 1. The van der Waals surface area contributed by atoms with E-state index >= 15 is 0 Å².